The van der Waals surface area contributed by atoms with Crippen LogP contribution in [0.15, 0.2) is 18.2 Å². The number of amides is 2. The molecular formula is C17H19N3O2S. The molecule has 0 saturated heterocycles. The SMILES string of the molecule is CCc1sc(NC(C)=O)nc1-c1ccc2c(c1)CCN2C(C)=O. The van der Waals surface area contributed by atoms with Crippen LogP contribution in [0, 0.1) is 0 Å². The molecule has 2 heterocycles. The maximum absolute atomic E-state index is 11.6. The highest BCUT2D eigenvalue weighted by Crippen LogP contribution is 2.36. The summed E-state index contributed by atoms with van der Waals surface area (Å²) in [6, 6.07) is 6.12. The number of hydrogen-bond acceptors (Lipinski definition) is 4. The smallest absolute Gasteiger partial charge is 0.223 e. The molecule has 3 rings (SSSR count). The molecule has 1 aliphatic rings. The lowest BCUT2D eigenvalue weighted by atomic mass is 10.0. The number of carbonyl (C=O) groups is 2. The zero-order chi connectivity index (χ0) is 16.6. The molecule has 0 spiro atoms. The van der Waals surface area contributed by atoms with Crippen molar-refractivity contribution in [2.75, 3.05) is 16.8 Å². The number of nitrogens with one attached hydrogen (secondary N) is 1. The molecule has 0 atom stereocenters. The van der Waals surface area contributed by atoms with Gasteiger partial charge in [-0.05, 0) is 30.5 Å². The lowest BCUT2D eigenvalue weighted by molar-refractivity contribution is -0.116. The molecule has 1 aromatic heterocycles. The first kappa shape index (κ1) is 15.7. The summed E-state index contributed by atoms with van der Waals surface area (Å²) >= 11 is 1.51. The fraction of sp³-hybridized carbons (Fsp3) is 0.353. The van der Waals surface area contributed by atoms with Crippen LogP contribution in [0.4, 0.5) is 10.8 Å². The van der Waals surface area contributed by atoms with Gasteiger partial charge < -0.3 is 10.2 Å². The number of aryl methyl sites for hydroxylation is 1. The van der Waals surface area contributed by atoms with E-state index in [1.807, 2.05) is 17.0 Å². The lowest BCUT2D eigenvalue weighted by Crippen LogP contribution is -2.25. The summed E-state index contributed by atoms with van der Waals surface area (Å²) in [6.07, 6.45) is 1.73. The molecule has 0 radical (unpaired) electrons. The van der Waals surface area contributed by atoms with Gasteiger partial charge in [0.2, 0.25) is 11.8 Å². The van der Waals surface area contributed by atoms with Crippen LogP contribution in [0.2, 0.25) is 0 Å². The van der Waals surface area contributed by atoms with Crippen LogP contribution >= 0.6 is 11.3 Å². The molecule has 1 N–H and O–H groups in total. The number of rotatable bonds is 3. The van der Waals surface area contributed by atoms with Crippen LogP contribution in [0.3, 0.4) is 0 Å². The van der Waals surface area contributed by atoms with Gasteiger partial charge in [0.1, 0.15) is 0 Å². The van der Waals surface area contributed by atoms with Crippen molar-refractivity contribution in [3.63, 3.8) is 0 Å². The van der Waals surface area contributed by atoms with Gasteiger partial charge in [0.15, 0.2) is 5.13 Å². The Labute approximate surface area is 139 Å². The minimum atomic E-state index is -0.112. The molecule has 0 bridgehead atoms. The summed E-state index contributed by atoms with van der Waals surface area (Å²) in [5, 5.41) is 3.39. The monoisotopic (exact) mass is 329 g/mol. The highest BCUT2D eigenvalue weighted by Gasteiger charge is 2.23. The Morgan fingerprint density at radius 3 is 2.78 bits per heavy atom. The van der Waals surface area contributed by atoms with Gasteiger partial charge in [-0.25, -0.2) is 4.98 Å². The minimum Gasteiger partial charge on any atom is -0.312 e. The summed E-state index contributed by atoms with van der Waals surface area (Å²) in [6.45, 7) is 5.90. The molecule has 1 aliphatic heterocycles. The first-order valence-electron chi connectivity index (χ1n) is 7.68. The van der Waals surface area contributed by atoms with Crippen LogP contribution < -0.4 is 10.2 Å². The molecule has 2 aromatic rings. The summed E-state index contributed by atoms with van der Waals surface area (Å²) in [5.41, 5.74) is 4.13. The maximum atomic E-state index is 11.6. The second-order valence-corrected chi connectivity index (χ2v) is 6.67. The maximum Gasteiger partial charge on any atom is 0.223 e. The van der Waals surface area contributed by atoms with Crippen molar-refractivity contribution in [2.24, 2.45) is 0 Å². The van der Waals surface area contributed by atoms with E-state index in [9.17, 15) is 9.59 Å². The third-order valence-corrected chi connectivity index (χ3v) is 5.05. The number of fused-ring (bicyclic) bond motifs is 1. The summed E-state index contributed by atoms with van der Waals surface area (Å²) in [4.78, 5) is 30.4. The third-order valence-electron chi connectivity index (χ3n) is 3.93. The molecule has 2 amide bonds. The van der Waals surface area contributed by atoms with Crippen molar-refractivity contribution < 1.29 is 9.59 Å². The van der Waals surface area contributed by atoms with Crippen molar-refractivity contribution >= 4 is 34.0 Å². The zero-order valence-electron chi connectivity index (χ0n) is 13.5. The van der Waals surface area contributed by atoms with Gasteiger partial charge in [-0.3, -0.25) is 9.59 Å². The number of nitrogens with zero attached hydrogens (tertiary/aromatic N) is 2. The zero-order valence-corrected chi connectivity index (χ0v) is 14.3. The standard InChI is InChI=1S/C17H19N3O2S/c1-4-15-16(19-17(23-15)18-10(2)21)13-5-6-14-12(9-13)7-8-20(14)11(3)22/h5-6,9H,4,7-8H2,1-3H3,(H,18,19,21). The van der Waals surface area contributed by atoms with E-state index in [0.717, 1.165) is 41.2 Å². The van der Waals surface area contributed by atoms with E-state index >= 15 is 0 Å². The van der Waals surface area contributed by atoms with Gasteiger partial charge in [0.25, 0.3) is 0 Å². The van der Waals surface area contributed by atoms with Crippen molar-refractivity contribution in [2.45, 2.75) is 33.6 Å². The first-order chi connectivity index (χ1) is 11.0. The number of carbonyl (C=O) groups excluding carboxylic acids is 2. The second kappa shape index (κ2) is 6.12. The summed E-state index contributed by atoms with van der Waals surface area (Å²) in [7, 11) is 0. The molecular weight excluding hydrogens is 310 g/mol. The Morgan fingerprint density at radius 1 is 1.35 bits per heavy atom. The predicted molar refractivity (Wildman–Crippen MR) is 93.0 cm³/mol. The molecule has 0 unspecified atom stereocenters. The Bertz CT molecular complexity index is 782. The Hall–Kier alpha value is -2.21. The topological polar surface area (TPSA) is 62.3 Å². The Morgan fingerprint density at radius 2 is 2.13 bits per heavy atom. The van der Waals surface area contributed by atoms with Crippen molar-refractivity contribution in [3.05, 3.63) is 28.6 Å². The van der Waals surface area contributed by atoms with Crippen LogP contribution in [0.5, 0.6) is 0 Å². The van der Waals surface area contributed by atoms with Crippen LogP contribution in [-0.2, 0) is 22.4 Å². The molecule has 120 valence electrons. The van der Waals surface area contributed by atoms with Crippen LogP contribution in [-0.4, -0.2) is 23.3 Å². The number of aromatic nitrogens is 1. The normalized spacial score (nSPS) is 13.1. The summed E-state index contributed by atoms with van der Waals surface area (Å²) in [5.74, 6) is -0.0358. The van der Waals surface area contributed by atoms with Crippen molar-refractivity contribution in [1.29, 1.82) is 0 Å². The van der Waals surface area contributed by atoms with Crippen molar-refractivity contribution in [3.8, 4) is 11.3 Å². The average Bonchev–Trinajstić information content (AvgIpc) is 3.09. The van der Waals surface area contributed by atoms with E-state index in [0.29, 0.717) is 5.13 Å². The highest BCUT2D eigenvalue weighted by atomic mass is 32.1. The van der Waals surface area contributed by atoms with E-state index in [1.54, 1.807) is 6.92 Å². The fourth-order valence-corrected chi connectivity index (χ4v) is 3.87. The predicted octanol–water partition coefficient (Wildman–Crippen LogP) is 3.24. The Balaban J connectivity index is 1.98. The number of anilines is 2. The van der Waals surface area contributed by atoms with E-state index in [1.165, 1.54) is 23.8 Å². The third kappa shape index (κ3) is 2.99. The minimum absolute atomic E-state index is 0.0763. The molecule has 1 aromatic carbocycles. The summed E-state index contributed by atoms with van der Waals surface area (Å²) < 4.78 is 0. The quantitative estimate of drug-likeness (QED) is 0.940. The first-order valence-corrected chi connectivity index (χ1v) is 8.50. The molecule has 0 aliphatic carbocycles. The highest BCUT2D eigenvalue weighted by molar-refractivity contribution is 7.16. The van der Waals surface area contributed by atoms with Crippen molar-refractivity contribution in [1.82, 2.24) is 4.98 Å². The van der Waals surface area contributed by atoms with Gasteiger partial charge >= 0.3 is 0 Å². The van der Waals surface area contributed by atoms with Gasteiger partial charge in [-0.2, -0.15) is 0 Å². The van der Waals surface area contributed by atoms with E-state index in [4.69, 9.17) is 0 Å². The number of thiazole rings is 1. The van der Waals surface area contributed by atoms with Crippen LogP contribution in [0.25, 0.3) is 11.3 Å². The van der Waals surface area contributed by atoms with E-state index in [-0.39, 0.29) is 11.8 Å². The van der Waals surface area contributed by atoms with Gasteiger partial charge in [0.05, 0.1) is 5.69 Å². The van der Waals surface area contributed by atoms with E-state index in [2.05, 4.69) is 23.3 Å². The fourth-order valence-electron chi connectivity index (χ4n) is 2.90. The lowest BCUT2D eigenvalue weighted by Gasteiger charge is -2.14. The molecule has 5 nitrogen and oxygen atoms in total. The van der Waals surface area contributed by atoms with Gasteiger partial charge in [0, 0.05) is 36.5 Å². The second-order valence-electron chi connectivity index (χ2n) is 5.59. The van der Waals surface area contributed by atoms with Gasteiger partial charge in [-0.15, -0.1) is 11.3 Å². The van der Waals surface area contributed by atoms with E-state index < -0.39 is 0 Å². The number of benzene rings is 1. The molecule has 6 heteroatoms. The molecule has 0 saturated carbocycles. The van der Waals surface area contributed by atoms with Gasteiger partial charge in [-0.1, -0.05) is 13.0 Å². The Kier molecular flexibility index (Phi) is 4.17. The number of hydrogen-bond donors (Lipinski definition) is 1. The van der Waals surface area contributed by atoms with Crippen LogP contribution in [0.1, 0.15) is 31.2 Å². The average molecular weight is 329 g/mol. The molecule has 0 fully saturated rings. The largest absolute Gasteiger partial charge is 0.312 e. The molecule has 23 heavy (non-hydrogen) atoms.